The molecule has 0 radical (unpaired) electrons. The smallest absolute Gasteiger partial charge is 0.430 e. The number of fused-ring (bicyclic) bond motifs is 1. The third-order valence-corrected chi connectivity index (χ3v) is 2.24. The second-order valence-electron chi connectivity index (χ2n) is 3.04. The molecule has 2 aromatic rings. The van der Waals surface area contributed by atoms with Crippen molar-refractivity contribution < 1.29 is 18.7 Å². The van der Waals surface area contributed by atoms with Gasteiger partial charge in [0.15, 0.2) is 0 Å². The fourth-order valence-electron chi connectivity index (χ4n) is 1.19. The van der Waals surface area contributed by atoms with Gasteiger partial charge in [-0.15, -0.1) is 0 Å². The maximum absolute atomic E-state index is 9.13. The number of rotatable bonds is 2. The standard InChI is InChI=1S/C9H10O4P/c1-14(10,11)13-9-8-5-3-2-4-7(8)6-12-9/h2-6,10-11H,1H3/q+1. The van der Waals surface area contributed by atoms with Crippen molar-refractivity contribution in [3.8, 4) is 5.95 Å². The van der Waals surface area contributed by atoms with E-state index in [-0.39, 0.29) is 5.95 Å². The van der Waals surface area contributed by atoms with E-state index in [1.165, 1.54) is 12.9 Å². The predicted molar refractivity (Wildman–Crippen MR) is 54.1 cm³/mol. The zero-order valence-corrected chi connectivity index (χ0v) is 8.44. The first-order chi connectivity index (χ1) is 6.56. The highest BCUT2D eigenvalue weighted by atomic mass is 31.2. The molecule has 5 heteroatoms. The van der Waals surface area contributed by atoms with Crippen molar-refractivity contribution in [2.24, 2.45) is 0 Å². The van der Waals surface area contributed by atoms with Crippen molar-refractivity contribution in [3.05, 3.63) is 30.5 Å². The highest BCUT2D eigenvalue weighted by Crippen LogP contribution is 2.48. The van der Waals surface area contributed by atoms with Crippen molar-refractivity contribution in [1.29, 1.82) is 0 Å². The largest absolute Gasteiger partial charge is 0.454 e. The summed E-state index contributed by atoms with van der Waals surface area (Å²) in [7, 11) is -3.30. The van der Waals surface area contributed by atoms with Gasteiger partial charge in [0.2, 0.25) is 0 Å². The molecule has 0 atom stereocenters. The molecule has 0 amide bonds. The highest BCUT2D eigenvalue weighted by molar-refractivity contribution is 7.59. The third-order valence-electron chi connectivity index (χ3n) is 1.73. The Morgan fingerprint density at radius 1 is 1.29 bits per heavy atom. The van der Waals surface area contributed by atoms with E-state index in [1.807, 2.05) is 18.2 Å². The fourth-order valence-corrected chi connectivity index (χ4v) is 1.65. The molecule has 14 heavy (non-hydrogen) atoms. The van der Waals surface area contributed by atoms with Crippen LogP contribution in [0, 0.1) is 0 Å². The van der Waals surface area contributed by atoms with Crippen LogP contribution >= 0.6 is 7.94 Å². The number of furan rings is 1. The Morgan fingerprint density at radius 2 is 2.00 bits per heavy atom. The van der Waals surface area contributed by atoms with E-state index < -0.39 is 7.94 Å². The van der Waals surface area contributed by atoms with Gasteiger partial charge in [-0.3, -0.25) is 0 Å². The Hall–Kier alpha value is -1.09. The van der Waals surface area contributed by atoms with Crippen LogP contribution in [0.4, 0.5) is 0 Å². The molecule has 1 aromatic heterocycles. The molecule has 0 spiro atoms. The van der Waals surface area contributed by atoms with E-state index in [2.05, 4.69) is 0 Å². The SMILES string of the molecule is C[P+](O)(O)Oc1occ2ccccc12. The zero-order valence-electron chi connectivity index (χ0n) is 7.54. The van der Waals surface area contributed by atoms with Gasteiger partial charge < -0.3 is 4.42 Å². The Labute approximate surface area is 81.3 Å². The van der Waals surface area contributed by atoms with Gasteiger partial charge in [-0.2, -0.15) is 9.79 Å². The van der Waals surface area contributed by atoms with E-state index in [0.29, 0.717) is 0 Å². The predicted octanol–water partition coefficient (Wildman–Crippen LogP) is 2.19. The first kappa shape index (κ1) is 9.46. The van der Waals surface area contributed by atoms with E-state index in [4.69, 9.17) is 18.7 Å². The van der Waals surface area contributed by atoms with Crippen LogP contribution in [0.2, 0.25) is 0 Å². The molecule has 0 saturated heterocycles. The molecule has 2 rings (SSSR count). The van der Waals surface area contributed by atoms with Crippen molar-refractivity contribution >= 4 is 18.7 Å². The molecule has 0 aliphatic rings. The minimum atomic E-state index is -3.30. The normalized spacial score (nSPS) is 11.9. The topological polar surface area (TPSA) is 62.8 Å². The zero-order chi connectivity index (χ0) is 10.2. The lowest BCUT2D eigenvalue weighted by Crippen LogP contribution is -1.95. The molecule has 74 valence electrons. The van der Waals surface area contributed by atoms with Crippen LogP contribution < -0.4 is 4.52 Å². The summed E-state index contributed by atoms with van der Waals surface area (Å²) in [6.07, 6.45) is 1.51. The van der Waals surface area contributed by atoms with Gasteiger partial charge in [0.05, 0.1) is 5.39 Å². The summed E-state index contributed by atoms with van der Waals surface area (Å²) in [6, 6.07) is 7.35. The first-order valence-electron chi connectivity index (χ1n) is 4.04. The summed E-state index contributed by atoms with van der Waals surface area (Å²) in [4.78, 5) is 18.3. The molecule has 0 unspecified atom stereocenters. The van der Waals surface area contributed by atoms with Crippen molar-refractivity contribution in [2.75, 3.05) is 6.66 Å². The minimum absolute atomic E-state index is 0.154. The monoisotopic (exact) mass is 213 g/mol. The Bertz CT molecular complexity index is 443. The quantitative estimate of drug-likeness (QED) is 0.750. The van der Waals surface area contributed by atoms with Gasteiger partial charge in [-0.05, 0) is 6.07 Å². The van der Waals surface area contributed by atoms with E-state index in [0.717, 1.165) is 10.8 Å². The second kappa shape index (κ2) is 3.24. The van der Waals surface area contributed by atoms with E-state index in [9.17, 15) is 0 Å². The molecule has 0 aliphatic carbocycles. The third kappa shape index (κ3) is 1.87. The van der Waals surface area contributed by atoms with Gasteiger partial charge in [-0.25, -0.2) is 4.52 Å². The van der Waals surface area contributed by atoms with Crippen LogP contribution in [0.1, 0.15) is 0 Å². The van der Waals surface area contributed by atoms with Crippen molar-refractivity contribution in [2.45, 2.75) is 0 Å². The molecule has 0 bridgehead atoms. The van der Waals surface area contributed by atoms with Crippen LogP contribution in [0.15, 0.2) is 34.9 Å². The van der Waals surface area contributed by atoms with Gasteiger partial charge in [-0.1, -0.05) is 18.2 Å². The lowest BCUT2D eigenvalue weighted by molar-refractivity contribution is 0.304. The molecule has 0 saturated carbocycles. The molecular formula is C9H10O4P+. The number of hydrogen-bond acceptors (Lipinski definition) is 4. The summed E-state index contributed by atoms with van der Waals surface area (Å²) >= 11 is 0. The Kier molecular flexibility index (Phi) is 2.19. The Balaban J connectivity index is 2.44. The average Bonchev–Trinajstić information content (AvgIpc) is 2.47. The van der Waals surface area contributed by atoms with Gasteiger partial charge >= 0.3 is 13.9 Å². The molecule has 2 N–H and O–H groups in total. The maximum Gasteiger partial charge on any atom is 0.454 e. The molecule has 1 heterocycles. The summed E-state index contributed by atoms with van der Waals surface area (Å²) in [5, 5.41) is 1.61. The molecule has 4 nitrogen and oxygen atoms in total. The number of benzene rings is 1. The average molecular weight is 213 g/mol. The summed E-state index contributed by atoms with van der Waals surface area (Å²) in [6.45, 7) is 1.23. The van der Waals surface area contributed by atoms with Gasteiger partial charge in [0.25, 0.3) is 0 Å². The van der Waals surface area contributed by atoms with Crippen molar-refractivity contribution in [1.82, 2.24) is 0 Å². The Morgan fingerprint density at radius 3 is 2.71 bits per heavy atom. The summed E-state index contributed by atoms with van der Waals surface area (Å²) in [5.41, 5.74) is 0. The molecule has 0 fully saturated rings. The molecule has 0 aliphatic heterocycles. The van der Waals surface area contributed by atoms with Crippen molar-refractivity contribution in [3.63, 3.8) is 0 Å². The number of hydrogen-bond donors (Lipinski definition) is 2. The van der Waals surface area contributed by atoms with E-state index >= 15 is 0 Å². The summed E-state index contributed by atoms with van der Waals surface area (Å²) < 4.78 is 9.99. The lowest BCUT2D eigenvalue weighted by atomic mass is 10.2. The second-order valence-corrected chi connectivity index (χ2v) is 4.89. The van der Waals surface area contributed by atoms with E-state index in [1.54, 1.807) is 6.07 Å². The highest BCUT2D eigenvalue weighted by Gasteiger charge is 2.31. The fraction of sp³-hybridized carbons (Fsp3) is 0.111. The maximum atomic E-state index is 9.13. The van der Waals surface area contributed by atoms with Gasteiger partial charge in [0.1, 0.15) is 12.9 Å². The minimum Gasteiger partial charge on any atom is -0.430 e. The summed E-state index contributed by atoms with van der Waals surface area (Å²) in [5.74, 6) is 0.154. The first-order valence-corrected chi connectivity index (χ1v) is 6.10. The molecule has 1 aromatic carbocycles. The molecular weight excluding hydrogens is 203 g/mol. The van der Waals surface area contributed by atoms with Crippen LogP contribution in [-0.2, 0) is 0 Å². The van der Waals surface area contributed by atoms with Crippen LogP contribution in [0.5, 0.6) is 5.95 Å². The van der Waals surface area contributed by atoms with Crippen LogP contribution in [0.25, 0.3) is 10.8 Å². The van der Waals surface area contributed by atoms with Crippen LogP contribution in [-0.4, -0.2) is 16.5 Å². The lowest BCUT2D eigenvalue weighted by Gasteiger charge is -2.03. The van der Waals surface area contributed by atoms with Gasteiger partial charge in [0, 0.05) is 5.39 Å². The van der Waals surface area contributed by atoms with Crippen LogP contribution in [0.3, 0.4) is 0 Å².